The fourth-order valence-electron chi connectivity index (χ4n) is 2.46. The molecule has 0 unspecified atom stereocenters. The van der Waals surface area contributed by atoms with Crippen molar-refractivity contribution in [1.82, 2.24) is 15.6 Å². The van der Waals surface area contributed by atoms with Gasteiger partial charge < -0.3 is 0 Å². The van der Waals surface area contributed by atoms with Crippen LogP contribution in [0.2, 0.25) is 0 Å². The zero-order valence-electron chi connectivity index (χ0n) is 13.0. The minimum Gasteiger partial charge on any atom is -0.288 e. The Morgan fingerprint density at radius 1 is 1.05 bits per heavy atom. The molecule has 1 fully saturated rings. The van der Waals surface area contributed by atoms with Crippen molar-refractivity contribution >= 4 is 17.2 Å². The van der Waals surface area contributed by atoms with E-state index in [4.69, 9.17) is 12.2 Å². The Labute approximate surface area is 124 Å². The van der Waals surface area contributed by atoms with Crippen LogP contribution in [0, 0.1) is 5.92 Å². The van der Waals surface area contributed by atoms with Crippen molar-refractivity contribution in [2.75, 3.05) is 19.6 Å². The summed E-state index contributed by atoms with van der Waals surface area (Å²) in [4.78, 5) is 1.13. The van der Waals surface area contributed by atoms with Crippen LogP contribution < -0.4 is 5.53 Å². The topological polar surface area (TPSA) is 18.5 Å². The van der Waals surface area contributed by atoms with E-state index in [0.717, 1.165) is 24.6 Å². The number of rotatable bonds is 9. The van der Waals surface area contributed by atoms with Crippen molar-refractivity contribution in [2.45, 2.75) is 65.7 Å². The molecule has 0 saturated carbocycles. The van der Waals surface area contributed by atoms with Crippen molar-refractivity contribution in [3.8, 4) is 0 Å². The van der Waals surface area contributed by atoms with Crippen LogP contribution in [0.5, 0.6) is 0 Å². The summed E-state index contributed by atoms with van der Waals surface area (Å²) in [5, 5.41) is 4.59. The van der Waals surface area contributed by atoms with Gasteiger partial charge >= 0.3 is 0 Å². The molecule has 19 heavy (non-hydrogen) atoms. The quantitative estimate of drug-likeness (QED) is 0.650. The number of thiocarbonyl (C=S) groups is 1. The highest BCUT2D eigenvalue weighted by molar-refractivity contribution is 7.80. The normalized spacial score (nSPS) is 21.1. The SMILES string of the molecule is CCCC[C@H]1CN(CCCC)NN(CCCC)C1=S. The molecule has 1 heterocycles. The highest BCUT2D eigenvalue weighted by atomic mass is 32.1. The summed E-state index contributed by atoms with van der Waals surface area (Å²) in [5.74, 6) is 0.560. The monoisotopic (exact) mass is 285 g/mol. The molecule has 1 rings (SSSR count). The zero-order chi connectivity index (χ0) is 14.1. The van der Waals surface area contributed by atoms with Crippen molar-refractivity contribution in [3.63, 3.8) is 0 Å². The molecule has 1 aliphatic rings. The second kappa shape index (κ2) is 9.67. The third-order valence-electron chi connectivity index (χ3n) is 3.74. The molecule has 112 valence electrons. The number of unbranched alkanes of at least 4 members (excludes halogenated alkanes) is 3. The van der Waals surface area contributed by atoms with Crippen molar-refractivity contribution < 1.29 is 0 Å². The highest BCUT2D eigenvalue weighted by Gasteiger charge is 2.28. The fraction of sp³-hybridized carbons (Fsp3) is 0.933. The molecule has 4 heteroatoms. The maximum absolute atomic E-state index is 5.68. The van der Waals surface area contributed by atoms with Gasteiger partial charge in [0.1, 0.15) is 0 Å². The van der Waals surface area contributed by atoms with Crippen LogP contribution in [-0.4, -0.2) is 34.6 Å². The first kappa shape index (κ1) is 16.9. The maximum atomic E-state index is 5.68. The van der Waals surface area contributed by atoms with Crippen LogP contribution in [0.4, 0.5) is 0 Å². The first-order chi connectivity index (χ1) is 9.22. The predicted octanol–water partition coefficient (Wildman–Crippen LogP) is 3.76. The largest absolute Gasteiger partial charge is 0.288 e. The average Bonchev–Trinajstić information content (AvgIpc) is 2.43. The summed E-state index contributed by atoms with van der Waals surface area (Å²) in [5.41, 5.74) is 3.50. The Hall–Kier alpha value is -0.190. The van der Waals surface area contributed by atoms with Gasteiger partial charge in [-0.25, -0.2) is 5.01 Å². The van der Waals surface area contributed by atoms with Gasteiger partial charge in [0.25, 0.3) is 0 Å². The summed E-state index contributed by atoms with van der Waals surface area (Å²) in [6.07, 6.45) is 8.70. The number of hydrazine groups is 2. The van der Waals surface area contributed by atoms with E-state index in [0.29, 0.717) is 5.92 Å². The van der Waals surface area contributed by atoms with Gasteiger partial charge in [-0.15, -0.1) is 0 Å². The average molecular weight is 286 g/mol. The Balaban J connectivity index is 2.55. The molecular weight excluding hydrogens is 254 g/mol. The molecule has 1 atom stereocenters. The Kier molecular flexibility index (Phi) is 8.58. The van der Waals surface area contributed by atoms with Gasteiger partial charge in [0.05, 0.1) is 4.99 Å². The zero-order valence-corrected chi connectivity index (χ0v) is 13.8. The van der Waals surface area contributed by atoms with Gasteiger partial charge in [0.15, 0.2) is 0 Å². The molecule has 0 aromatic rings. The van der Waals surface area contributed by atoms with Crippen LogP contribution in [0.3, 0.4) is 0 Å². The summed E-state index contributed by atoms with van der Waals surface area (Å²) in [6, 6.07) is 0. The Morgan fingerprint density at radius 2 is 1.68 bits per heavy atom. The summed E-state index contributed by atoms with van der Waals surface area (Å²) in [6.45, 7) is 9.99. The van der Waals surface area contributed by atoms with Gasteiger partial charge in [0.2, 0.25) is 0 Å². The molecule has 0 spiro atoms. The minimum atomic E-state index is 0.560. The lowest BCUT2D eigenvalue weighted by Crippen LogP contribution is -2.61. The first-order valence-corrected chi connectivity index (χ1v) is 8.46. The van der Waals surface area contributed by atoms with E-state index in [1.807, 2.05) is 0 Å². The van der Waals surface area contributed by atoms with Crippen molar-refractivity contribution in [3.05, 3.63) is 0 Å². The van der Waals surface area contributed by atoms with Crippen molar-refractivity contribution in [1.29, 1.82) is 0 Å². The molecule has 1 aliphatic heterocycles. The van der Waals surface area contributed by atoms with Crippen LogP contribution in [0.25, 0.3) is 0 Å². The lowest BCUT2D eigenvalue weighted by Gasteiger charge is -2.42. The summed E-state index contributed by atoms with van der Waals surface area (Å²) >= 11 is 5.68. The summed E-state index contributed by atoms with van der Waals surface area (Å²) < 4.78 is 0. The molecule has 0 aromatic carbocycles. The van der Waals surface area contributed by atoms with Crippen LogP contribution in [-0.2, 0) is 0 Å². The summed E-state index contributed by atoms with van der Waals surface area (Å²) in [7, 11) is 0. The molecule has 1 saturated heterocycles. The van der Waals surface area contributed by atoms with Gasteiger partial charge in [-0.3, -0.25) is 5.01 Å². The van der Waals surface area contributed by atoms with Crippen molar-refractivity contribution in [2.24, 2.45) is 5.92 Å². The van der Waals surface area contributed by atoms with Gasteiger partial charge in [0, 0.05) is 25.6 Å². The van der Waals surface area contributed by atoms with Crippen LogP contribution >= 0.6 is 12.2 Å². The van der Waals surface area contributed by atoms with E-state index in [9.17, 15) is 0 Å². The highest BCUT2D eigenvalue weighted by Crippen LogP contribution is 2.19. The lowest BCUT2D eigenvalue weighted by molar-refractivity contribution is 0.0331. The van der Waals surface area contributed by atoms with Crippen LogP contribution in [0.1, 0.15) is 65.7 Å². The molecule has 0 aromatic heterocycles. The smallest absolute Gasteiger partial charge is 0.0978 e. The van der Waals surface area contributed by atoms with E-state index in [2.05, 4.69) is 36.3 Å². The van der Waals surface area contributed by atoms with E-state index >= 15 is 0 Å². The van der Waals surface area contributed by atoms with Gasteiger partial charge in [-0.05, 0) is 19.3 Å². The Morgan fingerprint density at radius 3 is 2.32 bits per heavy atom. The maximum Gasteiger partial charge on any atom is 0.0978 e. The molecule has 1 N–H and O–H groups in total. The molecule has 0 bridgehead atoms. The number of hydrogen-bond donors (Lipinski definition) is 1. The number of nitrogens with zero attached hydrogens (tertiary/aromatic N) is 2. The van der Waals surface area contributed by atoms with E-state index in [-0.39, 0.29) is 0 Å². The third kappa shape index (κ3) is 5.76. The van der Waals surface area contributed by atoms with E-state index in [1.54, 1.807) is 0 Å². The van der Waals surface area contributed by atoms with Gasteiger partial charge in [-0.2, -0.15) is 5.53 Å². The molecule has 0 radical (unpaired) electrons. The molecule has 0 amide bonds. The van der Waals surface area contributed by atoms with Gasteiger partial charge in [-0.1, -0.05) is 58.7 Å². The number of nitrogens with one attached hydrogen (secondary N) is 1. The predicted molar refractivity (Wildman–Crippen MR) is 86.8 cm³/mol. The lowest BCUT2D eigenvalue weighted by atomic mass is 10.0. The Bertz CT molecular complexity index is 238. The second-order valence-corrected chi connectivity index (χ2v) is 6.00. The minimum absolute atomic E-state index is 0.560. The van der Waals surface area contributed by atoms with E-state index in [1.165, 1.54) is 44.9 Å². The molecule has 3 nitrogen and oxygen atoms in total. The van der Waals surface area contributed by atoms with E-state index < -0.39 is 0 Å². The molecule has 0 aliphatic carbocycles. The third-order valence-corrected chi connectivity index (χ3v) is 4.29. The second-order valence-electron chi connectivity index (χ2n) is 5.58. The molecular formula is C15H31N3S. The first-order valence-electron chi connectivity index (χ1n) is 8.05. The standard InChI is InChI=1S/C15H31N3S/c1-4-7-10-14-13-17(11-8-5-2)16-18(15(14)19)12-9-6-3/h14,16H,4-13H2,1-3H3/t14-/m0/s1. The van der Waals surface area contributed by atoms with Crippen LogP contribution in [0.15, 0.2) is 0 Å². The number of hydrogen-bond acceptors (Lipinski definition) is 3. The fourth-order valence-corrected chi connectivity index (χ4v) is 2.78.